The Balaban J connectivity index is 1.74. The van der Waals surface area contributed by atoms with Crippen molar-refractivity contribution in [1.29, 1.82) is 0 Å². The molecule has 0 saturated heterocycles. The van der Waals surface area contributed by atoms with Crippen LogP contribution in [0.15, 0.2) is 0 Å². The summed E-state index contributed by atoms with van der Waals surface area (Å²) in [6.45, 7) is 0. The van der Waals surface area contributed by atoms with Crippen molar-refractivity contribution in [2.75, 3.05) is 5.32 Å². The molecule has 3 nitrogen and oxygen atoms in total. The summed E-state index contributed by atoms with van der Waals surface area (Å²) in [5, 5.41) is 4.15. The number of halogens is 1. The van der Waals surface area contributed by atoms with Gasteiger partial charge < -0.3 is 5.32 Å². The van der Waals surface area contributed by atoms with Gasteiger partial charge in [-0.3, -0.25) is 0 Å². The van der Waals surface area contributed by atoms with Crippen molar-refractivity contribution >= 4 is 17.5 Å². The average Bonchev–Trinajstić information content (AvgIpc) is 2.68. The van der Waals surface area contributed by atoms with E-state index in [1.54, 1.807) is 0 Å². The Kier molecular flexibility index (Phi) is 3.69. The van der Waals surface area contributed by atoms with Gasteiger partial charge in [-0.25, -0.2) is 9.97 Å². The Morgan fingerprint density at radius 1 is 0.944 bits per heavy atom. The van der Waals surface area contributed by atoms with Crippen molar-refractivity contribution in [3.05, 3.63) is 16.4 Å². The van der Waals surface area contributed by atoms with Crippen molar-refractivity contribution in [1.82, 2.24) is 9.97 Å². The molecule has 0 amide bonds. The molecular weight excluding hydrogens is 246 g/mol. The summed E-state index contributed by atoms with van der Waals surface area (Å²) in [6, 6.07) is 0.531. The number of fused-ring (bicyclic) bond motifs is 1. The van der Waals surface area contributed by atoms with Crippen molar-refractivity contribution in [2.24, 2.45) is 0 Å². The number of anilines is 1. The monoisotopic (exact) mass is 265 g/mol. The van der Waals surface area contributed by atoms with E-state index < -0.39 is 0 Å². The highest BCUT2D eigenvalue weighted by atomic mass is 35.5. The van der Waals surface area contributed by atoms with Gasteiger partial charge in [-0.15, -0.1) is 0 Å². The summed E-state index contributed by atoms with van der Waals surface area (Å²) in [6.07, 6.45) is 11.1. The molecule has 1 aromatic heterocycles. The molecule has 0 bridgehead atoms. The molecule has 0 spiro atoms. The molecule has 0 atom stereocenters. The highest BCUT2D eigenvalue weighted by molar-refractivity contribution is 6.30. The minimum Gasteiger partial charge on any atom is -0.351 e. The zero-order valence-electron chi connectivity index (χ0n) is 10.7. The molecule has 2 aliphatic rings. The second-order valence-electron chi connectivity index (χ2n) is 5.45. The van der Waals surface area contributed by atoms with E-state index in [9.17, 15) is 0 Å². The SMILES string of the molecule is Clc1nc(NC2CCCCCC2)nc2c1CCC2. The third-order valence-electron chi connectivity index (χ3n) is 4.07. The van der Waals surface area contributed by atoms with Gasteiger partial charge in [-0.05, 0) is 32.1 Å². The zero-order chi connectivity index (χ0) is 12.4. The summed E-state index contributed by atoms with van der Waals surface area (Å²) in [5.41, 5.74) is 2.33. The lowest BCUT2D eigenvalue weighted by atomic mass is 10.1. The number of nitrogens with one attached hydrogen (secondary N) is 1. The van der Waals surface area contributed by atoms with Crippen LogP contribution in [0.2, 0.25) is 5.15 Å². The largest absolute Gasteiger partial charge is 0.351 e. The van der Waals surface area contributed by atoms with E-state index in [1.807, 2.05) is 0 Å². The van der Waals surface area contributed by atoms with Crippen LogP contribution >= 0.6 is 11.6 Å². The Hall–Kier alpha value is -0.830. The van der Waals surface area contributed by atoms with Crippen LogP contribution in [0.3, 0.4) is 0 Å². The van der Waals surface area contributed by atoms with Crippen molar-refractivity contribution in [2.45, 2.75) is 63.8 Å². The third kappa shape index (κ3) is 2.61. The maximum atomic E-state index is 6.23. The number of rotatable bonds is 2. The predicted molar refractivity (Wildman–Crippen MR) is 74.2 cm³/mol. The first kappa shape index (κ1) is 12.2. The van der Waals surface area contributed by atoms with E-state index >= 15 is 0 Å². The number of hydrogen-bond donors (Lipinski definition) is 1. The Bertz CT molecular complexity index is 425. The van der Waals surface area contributed by atoms with Crippen LogP contribution in [-0.2, 0) is 12.8 Å². The molecule has 1 fully saturated rings. The first-order valence-corrected chi connectivity index (χ1v) is 7.52. The van der Waals surface area contributed by atoms with E-state index in [0.717, 1.165) is 30.9 Å². The molecule has 0 aliphatic heterocycles. The second kappa shape index (κ2) is 5.43. The van der Waals surface area contributed by atoms with Crippen LogP contribution in [0.4, 0.5) is 5.95 Å². The minimum absolute atomic E-state index is 0.531. The molecule has 4 heteroatoms. The van der Waals surface area contributed by atoms with E-state index in [4.69, 9.17) is 11.6 Å². The molecule has 18 heavy (non-hydrogen) atoms. The number of nitrogens with zero attached hydrogens (tertiary/aromatic N) is 2. The molecule has 0 radical (unpaired) electrons. The van der Waals surface area contributed by atoms with Crippen LogP contribution in [-0.4, -0.2) is 16.0 Å². The molecular formula is C14H20ClN3. The van der Waals surface area contributed by atoms with Gasteiger partial charge in [-0.2, -0.15) is 0 Å². The van der Waals surface area contributed by atoms with Crippen LogP contribution in [0.1, 0.15) is 56.2 Å². The maximum absolute atomic E-state index is 6.23. The first-order valence-electron chi connectivity index (χ1n) is 7.15. The summed E-state index contributed by atoms with van der Waals surface area (Å²) in [7, 11) is 0. The Morgan fingerprint density at radius 2 is 1.72 bits per heavy atom. The summed E-state index contributed by atoms with van der Waals surface area (Å²) in [4.78, 5) is 9.04. The van der Waals surface area contributed by atoms with Crippen molar-refractivity contribution in [3.63, 3.8) is 0 Å². The quantitative estimate of drug-likeness (QED) is 0.654. The van der Waals surface area contributed by atoms with Crippen LogP contribution in [0.25, 0.3) is 0 Å². The molecule has 1 heterocycles. The van der Waals surface area contributed by atoms with E-state index in [-0.39, 0.29) is 0 Å². The standard InChI is InChI=1S/C14H20ClN3/c15-13-11-8-5-9-12(11)17-14(18-13)16-10-6-3-1-2-4-7-10/h10H,1-9H2,(H,16,17,18). The number of aromatic nitrogens is 2. The fourth-order valence-corrected chi connectivity index (χ4v) is 3.34. The highest BCUT2D eigenvalue weighted by Crippen LogP contribution is 2.28. The van der Waals surface area contributed by atoms with E-state index in [0.29, 0.717) is 11.2 Å². The van der Waals surface area contributed by atoms with E-state index in [1.165, 1.54) is 44.1 Å². The van der Waals surface area contributed by atoms with Gasteiger partial charge in [0.25, 0.3) is 0 Å². The van der Waals surface area contributed by atoms with Gasteiger partial charge in [0, 0.05) is 11.6 Å². The summed E-state index contributed by atoms with van der Waals surface area (Å²) in [5.74, 6) is 0.743. The summed E-state index contributed by atoms with van der Waals surface area (Å²) >= 11 is 6.23. The van der Waals surface area contributed by atoms with Gasteiger partial charge in [0.05, 0.1) is 5.69 Å². The normalized spacial score (nSPS) is 20.5. The highest BCUT2D eigenvalue weighted by Gasteiger charge is 2.19. The topological polar surface area (TPSA) is 37.8 Å². The lowest BCUT2D eigenvalue weighted by molar-refractivity contribution is 0.614. The molecule has 0 aromatic carbocycles. The van der Waals surface area contributed by atoms with Crippen LogP contribution < -0.4 is 5.32 Å². The van der Waals surface area contributed by atoms with Gasteiger partial charge in [0.15, 0.2) is 0 Å². The summed E-state index contributed by atoms with van der Waals surface area (Å²) < 4.78 is 0. The second-order valence-corrected chi connectivity index (χ2v) is 5.81. The van der Waals surface area contributed by atoms with Gasteiger partial charge >= 0.3 is 0 Å². The van der Waals surface area contributed by atoms with E-state index in [2.05, 4.69) is 15.3 Å². The molecule has 2 aliphatic carbocycles. The average molecular weight is 266 g/mol. The molecule has 98 valence electrons. The molecule has 1 N–H and O–H groups in total. The third-order valence-corrected chi connectivity index (χ3v) is 4.38. The molecule has 0 unspecified atom stereocenters. The lowest BCUT2D eigenvalue weighted by Crippen LogP contribution is -2.20. The zero-order valence-corrected chi connectivity index (χ0v) is 11.5. The lowest BCUT2D eigenvalue weighted by Gasteiger charge is -2.16. The van der Waals surface area contributed by atoms with Crippen LogP contribution in [0.5, 0.6) is 0 Å². The Labute approximate surface area is 113 Å². The fourth-order valence-electron chi connectivity index (χ4n) is 3.06. The van der Waals surface area contributed by atoms with Gasteiger partial charge in [0.2, 0.25) is 5.95 Å². The van der Waals surface area contributed by atoms with Crippen molar-refractivity contribution in [3.8, 4) is 0 Å². The van der Waals surface area contributed by atoms with Crippen molar-refractivity contribution < 1.29 is 0 Å². The van der Waals surface area contributed by atoms with Crippen LogP contribution in [0, 0.1) is 0 Å². The first-order chi connectivity index (χ1) is 8.83. The molecule has 1 saturated carbocycles. The minimum atomic E-state index is 0.531. The van der Waals surface area contributed by atoms with Gasteiger partial charge in [0.1, 0.15) is 5.15 Å². The maximum Gasteiger partial charge on any atom is 0.224 e. The van der Waals surface area contributed by atoms with Gasteiger partial charge in [-0.1, -0.05) is 37.3 Å². The smallest absolute Gasteiger partial charge is 0.224 e. The molecule has 1 aromatic rings. The predicted octanol–water partition coefficient (Wildman–Crippen LogP) is 3.75. The Morgan fingerprint density at radius 3 is 2.50 bits per heavy atom. The number of hydrogen-bond acceptors (Lipinski definition) is 3. The fraction of sp³-hybridized carbons (Fsp3) is 0.714. The number of aryl methyl sites for hydroxylation is 1. The molecule has 3 rings (SSSR count).